The number of hydrogen-bond donors (Lipinski definition) is 0. The lowest BCUT2D eigenvalue weighted by molar-refractivity contribution is -0.394. The normalized spacial score (nSPS) is 11.8. The number of halogens is 1. The highest BCUT2D eigenvalue weighted by atomic mass is 35.5. The quantitative estimate of drug-likeness (QED) is 0.461. The smallest absolute Gasteiger partial charge is 0.280 e. The maximum absolute atomic E-state index is 12.6. The first-order chi connectivity index (χ1) is 13.2. The van der Waals surface area contributed by atoms with E-state index in [1.165, 1.54) is 11.3 Å². The van der Waals surface area contributed by atoms with Crippen LogP contribution >= 0.6 is 22.9 Å². The number of nitro benzene ring substituents is 2. The summed E-state index contributed by atoms with van der Waals surface area (Å²) in [5.74, 6) is -0.802. The molecule has 0 saturated heterocycles. The van der Waals surface area contributed by atoms with Gasteiger partial charge in [-0.1, -0.05) is 22.9 Å². The first-order valence-electron chi connectivity index (χ1n) is 8.03. The Hall–Kier alpha value is -3.11. The molecule has 0 unspecified atom stereocenters. The van der Waals surface area contributed by atoms with Crippen molar-refractivity contribution in [3.05, 3.63) is 71.5 Å². The molecular weight excluding hydrogens is 408 g/mol. The number of rotatable bonds is 4. The van der Waals surface area contributed by atoms with Crippen LogP contribution in [0.2, 0.25) is 5.02 Å². The van der Waals surface area contributed by atoms with E-state index in [9.17, 15) is 25.0 Å². The molecule has 0 spiro atoms. The number of amides is 1. The molecule has 3 rings (SSSR count). The van der Waals surface area contributed by atoms with E-state index in [1.54, 1.807) is 12.1 Å². The summed E-state index contributed by atoms with van der Waals surface area (Å²) in [5.41, 5.74) is 0.481. The van der Waals surface area contributed by atoms with Crippen molar-refractivity contribution in [2.75, 3.05) is 0 Å². The van der Waals surface area contributed by atoms with E-state index in [2.05, 4.69) is 4.99 Å². The number of nitro groups is 2. The third-order valence-corrected chi connectivity index (χ3v) is 5.26. The van der Waals surface area contributed by atoms with Gasteiger partial charge in [-0.25, -0.2) is 0 Å². The van der Waals surface area contributed by atoms with Gasteiger partial charge < -0.3 is 4.57 Å². The highest BCUT2D eigenvalue weighted by Gasteiger charge is 2.20. The zero-order valence-corrected chi connectivity index (χ0v) is 16.3. The van der Waals surface area contributed by atoms with Gasteiger partial charge in [0.15, 0.2) is 4.80 Å². The monoisotopic (exact) mass is 420 g/mol. The highest BCUT2D eigenvalue weighted by molar-refractivity contribution is 7.16. The lowest BCUT2D eigenvalue weighted by atomic mass is 10.1. The average Bonchev–Trinajstić information content (AvgIpc) is 2.98. The topological polar surface area (TPSA) is 121 Å². The van der Waals surface area contributed by atoms with E-state index in [1.807, 2.05) is 18.4 Å². The summed E-state index contributed by atoms with van der Waals surface area (Å²) in [4.78, 5) is 37.5. The lowest BCUT2D eigenvalue weighted by Gasteiger charge is -2.04. The van der Waals surface area contributed by atoms with Crippen LogP contribution in [-0.4, -0.2) is 20.3 Å². The van der Waals surface area contributed by atoms with E-state index in [0.717, 1.165) is 34.0 Å². The van der Waals surface area contributed by atoms with Gasteiger partial charge in [-0.2, -0.15) is 4.99 Å². The van der Waals surface area contributed by atoms with Gasteiger partial charge in [0.05, 0.1) is 31.7 Å². The lowest BCUT2D eigenvalue weighted by Crippen LogP contribution is -2.16. The van der Waals surface area contributed by atoms with Crippen LogP contribution in [0.15, 0.2) is 35.3 Å². The second kappa shape index (κ2) is 7.49. The van der Waals surface area contributed by atoms with Crippen molar-refractivity contribution < 1.29 is 14.6 Å². The van der Waals surface area contributed by atoms with E-state index >= 15 is 0 Å². The Bertz CT molecular complexity index is 1180. The molecule has 9 nitrogen and oxygen atoms in total. The van der Waals surface area contributed by atoms with Crippen LogP contribution in [0.5, 0.6) is 0 Å². The Morgan fingerprint density at radius 1 is 1.14 bits per heavy atom. The number of carbonyl (C=O) groups is 1. The van der Waals surface area contributed by atoms with Crippen molar-refractivity contribution in [2.24, 2.45) is 4.99 Å². The Labute approximate surface area is 166 Å². The van der Waals surface area contributed by atoms with Crippen molar-refractivity contribution in [1.82, 2.24) is 4.57 Å². The van der Waals surface area contributed by atoms with Gasteiger partial charge in [0.1, 0.15) is 0 Å². The van der Waals surface area contributed by atoms with Crippen molar-refractivity contribution in [1.29, 1.82) is 0 Å². The minimum atomic E-state index is -0.802. The van der Waals surface area contributed by atoms with Crippen molar-refractivity contribution in [2.45, 2.75) is 20.4 Å². The second-order valence-electron chi connectivity index (χ2n) is 5.87. The molecule has 0 aliphatic carbocycles. The maximum Gasteiger partial charge on any atom is 0.280 e. The molecule has 1 amide bonds. The Morgan fingerprint density at radius 3 is 2.29 bits per heavy atom. The summed E-state index contributed by atoms with van der Waals surface area (Å²) < 4.78 is 2.67. The molecule has 3 aromatic rings. The fourth-order valence-corrected chi connectivity index (χ4v) is 4.38. The summed E-state index contributed by atoms with van der Waals surface area (Å²) in [5, 5.41) is 22.6. The number of carbonyl (C=O) groups excluding carboxylic acids is 1. The third kappa shape index (κ3) is 3.64. The van der Waals surface area contributed by atoms with Crippen LogP contribution in [0.3, 0.4) is 0 Å². The summed E-state index contributed by atoms with van der Waals surface area (Å²) in [7, 11) is 0. The largest absolute Gasteiger partial charge is 0.316 e. The molecule has 1 heterocycles. The molecular formula is C17H13ClN4O5S. The van der Waals surface area contributed by atoms with E-state index < -0.39 is 27.1 Å². The molecule has 0 N–H and O–H groups in total. The Kier molecular flexibility index (Phi) is 5.25. The number of non-ortho nitro benzene ring substituents is 2. The average molecular weight is 421 g/mol. The number of benzene rings is 2. The minimum Gasteiger partial charge on any atom is -0.316 e. The highest BCUT2D eigenvalue weighted by Crippen LogP contribution is 2.26. The van der Waals surface area contributed by atoms with Gasteiger partial charge in [0.25, 0.3) is 17.3 Å². The molecule has 28 heavy (non-hydrogen) atoms. The molecule has 2 aromatic carbocycles. The molecule has 11 heteroatoms. The molecule has 0 atom stereocenters. The van der Waals surface area contributed by atoms with Crippen LogP contribution in [0, 0.1) is 27.2 Å². The molecule has 0 radical (unpaired) electrons. The molecule has 0 bridgehead atoms. The Balaban J connectivity index is 2.19. The van der Waals surface area contributed by atoms with Crippen LogP contribution in [-0.2, 0) is 6.54 Å². The first-order valence-corrected chi connectivity index (χ1v) is 9.23. The zero-order chi connectivity index (χ0) is 20.6. The summed E-state index contributed by atoms with van der Waals surface area (Å²) >= 11 is 7.34. The first kappa shape index (κ1) is 19.6. The fraction of sp³-hybridized carbons (Fsp3) is 0.176. The molecule has 0 aliphatic rings. The number of nitrogens with zero attached hydrogens (tertiary/aromatic N) is 4. The summed E-state index contributed by atoms with van der Waals surface area (Å²) in [6.45, 7) is 4.31. The third-order valence-electron chi connectivity index (χ3n) is 4.02. The van der Waals surface area contributed by atoms with Gasteiger partial charge >= 0.3 is 0 Å². The van der Waals surface area contributed by atoms with Crippen LogP contribution in [0.4, 0.5) is 11.4 Å². The van der Waals surface area contributed by atoms with Crippen LogP contribution in [0.1, 0.15) is 22.8 Å². The van der Waals surface area contributed by atoms with Gasteiger partial charge in [-0.05, 0) is 31.5 Å². The zero-order valence-electron chi connectivity index (χ0n) is 14.7. The standard InChI is InChI=1S/C17H13ClN4O5S/c1-3-20-15-9(2)4-11(18)7-14(15)28-17(20)19-16(23)10-5-12(21(24)25)8-13(6-10)22(26)27/h4-8H,3H2,1-2H3. The van der Waals surface area contributed by atoms with Crippen molar-refractivity contribution in [3.8, 4) is 0 Å². The molecule has 0 fully saturated rings. The number of aryl methyl sites for hydroxylation is 2. The Morgan fingerprint density at radius 2 is 1.75 bits per heavy atom. The fourth-order valence-electron chi connectivity index (χ4n) is 2.83. The molecule has 0 saturated carbocycles. The molecule has 0 aliphatic heterocycles. The van der Waals surface area contributed by atoms with Crippen molar-refractivity contribution >= 4 is 50.4 Å². The number of hydrogen-bond acceptors (Lipinski definition) is 6. The van der Waals surface area contributed by atoms with E-state index in [-0.39, 0.29) is 5.56 Å². The predicted octanol–water partition coefficient (Wildman–Crippen LogP) is 4.24. The maximum atomic E-state index is 12.6. The van der Waals surface area contributed by atoms with Crippen LogP contribution in [0.25, 0.3) is 10.2 Å². The molecule has 1 aromatic heterocycles. The molecule has 144 valence electrons. The van der Waals surface area contributed by atoms with Crippen LogP contribution < -0.4 is 4.80 Å². The van der Waals surface area contributed by atoms with Gasteiger partial charge in [0.2, 0.25) is 0 Å². The number of fused-ring (bicyclic) bond motifs is 1. The van der Waals surface area contributed by atoms with Crippen molar-refractivity contribution in [3.63, 3.8) is 0 Å². The van der Waals surface area contributed by atoms with Gasteiger partial charge in [-0.15, -0.1) is 0 Å². The van der Waals surface area contributed by atoms with Gasteiger partial charge in [0, 0.05) is 23.7 Å². The summed E-state index contributed by atoms with van der Waals surface area (Å²) in [6.07, 6.45) is 0. The number of aromatic nitrogens is 1. The number of thiazole rings is 1. The van der Waals surface area contributed by atoms with Gasteiger partial charge in [-0.3, -0.25) is 25.0 Å². The van der Waals surface area contributed by atoms with E-state index in [0.29, 0.717) is 16.4 Å². The summed E-state index contributed by atoms with van der Waals surface area (Å²) in [6, 6.07) is 6.32. The van der Waals surface area contributed by atoms with E-state index in [4.69, 9.17) is 11.6 Å². The SMILES string of the molecule is CCn1c(=NC(=O)c2cc([N+](=O)[O-])cc([N+](=O)[O-])c2)sc2cc(Cl)cc(C)c21. The predicted molar refractivity (Wildman–Crippen MR) is 105 cm³/mol. The minimum absolute atomic E-state index is 0.226. The second-order valence-corrected chi connectivity index (χ2v) is 7.31.